The van der Waals surface area contributed by atoms with Crippen molar-refractivity contribution in [2.75, 3.05) is 5.75 Å². The highest BCUT2D eigenvalue weighted by Crippen LogP contribution is 2.17. The Labute approximate surface area is 129 Å². The van der Waals surface area contributed by atoms with E-state index in [1.807, 2.05) is 31.2 Å². The minimum absolute atomic E-state index is 0.155. The van der Waals surface area contributed by atoms with Gasteiger partial charge in [0, 0.05) is 4.90 Å². The van der Waals surface area contributed by atoms with E-state index in [0.29, 0.717) is 16.2 Å². The molecule has 0 aliphatic heterocycles. The number of hydrogen-bond donors (Lipinski definition) is 1. The molecular formula is C14H13BrN2O2S. The summed E-state index contributed by atoms with van der Waals surface area (Å²) in [5.74, 6) is 0.739. The van der Waals surface area contributed by atoms with Gasteiger partial charge in [-0.2, -0.15) is 5.10 Å². The van der Waals surface area contributed by atoms with Crippen LogP contribution in [0.1, 0.15) is 11.3 Å². The van der Waals surface area contributed by atoms with Crippen LogP contribution in [0.2, 0.25) is 0 Å². The number of furan rings is 1. The van der Waals surface area contributed by atoms with E-state index in [0.717, 1.165) is 4.90 Å². The summed E-state index contributed by atoms with van der Waals surface area (Å²) in [6.45, 7) is 2.03. The van der Waals surface area contributed by atoms with Crippen molar-refractivity contribution in [1.29, 1.82) is 0 Å². The zero-order chi connectivity index (χ0) is 14.4. The first-order chi connectivity index (χ1) is 9.63. The Morgan fingerprint density at radius 2 is 2.10 bits per heavy atom. The Bertz CT molecular complexity index is 608. The molecular weight excluding hydrogens is 340 g/mol. The molecule has 1 N–H and O–H groups in total. The number of amides is 1. The lowest BCUT2D eigenvalue weighted by molar-refractivity contribution is -0.118. The number of nitrogens with zero attached hydrogens (tertiary/aromatic N) is 1. The topological polar surface area (TPSA) is 54.6 Å². The largest absolute Gasteiger partial charge is 0.448 e. The smallest absolute Gasteiger partial charge is 0.250 e. The Morgan fingerprint density at radius 1 is 1.35 bits per heavy atom. The minimum Gasteiger partial charge on any atom is -0.448 e. The molecule has 0 saturated heterocycles. The molecule has 0 fully saturated rings. The normalized spacial score (nSPS) is 10.9. The second-order valence-electron chi connectivity index (χ2n) is 4.04. The summed E-state index contributed by atoms with van der Waals surface area (Å²) >= 11 is 4.66. The standard InChI is InChI=1S/C14H13BrN2O2S/c1-10-2-5-12(6-3-10)20-9-14(18)17-16-8-11-4-7-13(15)19-11/h2-8H,9H2,1H3,(H,17,18)/b16-8+. The molecule has 2 rings (SSSR count). The Hall–Kier alpha value is -1.53. The highest BCUT2D eigenvalue weighted by molar-refractivity contribution is 9.10. The first-order valence-corrected chi connectivity index (χ1v) is 7.68. The zero-order valence-electron chi connectivity index (χ0n) is 10.8. The maximum absolute atomic E-state index is 11.6. The molecule has 0 atom stereocenters. The molecule has 1 aromatic carbocycles. The Morgan fingerprint density at radius 3 is 2.75 bits per heavy atom. The number of hydrazone groups is 1. The van der Waals surface area contributed by atoms with Gasteiger partial charge in [-0.05, 0) is 47.1 Å². The fourth-order valence-electron chi connectivity index (χ4n) is 1.38. The molecule has 4 nitrogen and oxygen atoms in total. The molecule has 0 spiro atoms. The van der Waals surface area contributed by atoms with Crippen LogP contribution in [-0.4, -0.2) is 17.9 Å². The Kier molecular flexibility index (Phi) is 5.43. The van der Waals surface area contributed by atoms with Gasteiger partial charge in [0.2, 0.25) is 5.91 Å². The number of benzene rings is 1. The van der Waals surface area contributed by atoms with Crippen LogP contribution in [0.3, 0.4) is 0 Å². The Balaban J connectivity index is 1.75. The van der Waals surface area contributed by atoms with Crippen LogP contribution in [0.4, 0.5) is 0 Å². The van der Waals surface area contributed by atoms with Crippen LogP contribution in [0, 0.1) is 6.92 Å². The lowest BCUT2D eigenvalue weighted by atomic mass is 10.2. The molecule has 0 aliphatic rings. The van der Waals surface area contributed by atoms with Crippen LogP contribution in [-0.2, 0) is 4.79 Å². The van der Waals surface area contributed by atoms with E-state index in [1.165, 1.54) is 23.5 Å². The van der Waals surface area contributed by atoms with E-state index in [9.17, 15) is 4.79 Å². The number of carbonyl (C=O) groups is 1. The van der Waals surface area contributed by atoms with Gasteiger partial charge in [-0.25, -0.2) is 5.43 Å². The highest BCUT2D eigenvalue weighted by atomic mass is 79.9. The quantitative estimate of drug-likeness (QED) is 0.508. The van der Waals surface area contributed by atoms with Crippen LogP contribution in [0.15, 0.2) is 55.5 Å². The van der Waals surface area contributed by atoms with Crippen molar-refractivity contribution in [2.45, 2.75) is 11.8 Å². The first kappa shape index (κ1) is 14.9. The summed E-state index contributed by atoms with van der Waals surface area (Å²) in [5.41, 5.74) is 3.66. The molecule has 20 heavy (non-hydrogen) atoms. The lowest BCUT2D eigenvalue weighted by Gasteiger charge is -2.01. The van der Waals surface area contributed by atoms with E-state index in [4.69, 9.17) is 4.42 Å². The molecule has 0 radical (unpaired) electrons. The summed E-state index contributed by atoms with van der Waals surface area (Å²) < 4.78 is 5.84. The van der Waals surface area contributed by atoms with Crippen LogP contribution in [0.25, 0.3) is 0 Å². The van der Waals surface area contributed by atoms with Gasteiger partial charge < -0.3 is 4.42 Å². The number of rotatable bonds is 5. The summed E-state index contributed by atoms with van der Waals surface area (Å²) in [6.07, 6.45) is 1.46. The first-order valence-electron chi connectivity index (χ1n) is 5.90. The highest BCUT2D eigenvalue weighted by Gasteiger charge is 2.01. The molecule has 1 amide bonds. The zero-order valence-corrected chi connectivity index (χ0v) is 13.2. The summed E-state index contributed by atoms with van der Waals surface area (Å²) in [4.78, 5) is 12.7. The monoisotopic (exact) mass is 352 g/mol. The van der Waals surface area contributed by atoms with Gasteiger partial charge in [0.1, 0.15) is 5.76 Å². The number of carbonyl (C=O) groups excluding carboxylic acids is 1. The second-order valence-corrected chi connectivity index (χ2v) is 5.87. The predicted molar refractivity (Wildman–Crippen MR) is 84.0 cm³/mol. The van der Waals surface area contributed by atoms with E-state index in [2.05, 4.69) is 26.5 Å². The third-order valence-electron chi connectivity index (χ3n) is 2.37. The molecule has 6 heteroatoms. The van der Waals surface area contributed by atoms with Gasteiger partial charge >= 0.3 is 0 Å². The van der Waals surface area contributed by atoms with Gasteiger partial charge in [-0.3, -0.25) is 4.79 Å². The predicted octanol–water partition coefficient (Wildman–Crippen LogP) is 3.59. The third-order valence-corrected chi connectivity index (χ3v) is 3.80. The van der Waals surface area contributed by atoms with Crippen molar-refractivity contribution in [3.8, 4) is 0 Å². The maximum Gasteiger partial charge on any atom is 0.250 e. The van der Waals surface area contributed by atoms with Gasteiger partial charge in [-0.1, -0.05) is 17.7 Å². The van der Waals surface area contributed by atoms with Crippen LogP contribution in [0.5, 0.6) is 0 Å². The van der Waals surface area contributed by atoms with Crippen LogP contribution >= 0.6 is 27.7 Å². The molecule has 0 saturated carbocycles. The maximum atomic E-state index is 11.6. The number of hydrogen-bond acceptors (Lipinski definition) is 4. The van der Waals surface area contributed by atoms with Crippen LogP contribution < -0.4 is 5.43 Å². The average molecular weight is 353 g/mol. The molecule has 0 unspecified atom stereocenters. The van der Waals surface area contributed by atoms with E-state index in [-0.39, 0.29) is 5.91 Å². The number of nitrogens with one attached hydrogen (secondary N) is 1. The molecule has 104 valence electrons. The fourth-order valence-corrected chi connectivity index (χ4v) is 2.39. The van der Waals surface area contributed by atoms with Crippen molar-refractivity contribution in [2.24, 2.45) is 5.10 Å². The number of halogens is 1. The van der Waals surface area contributed by atoms with Crippen molar-refractivity contribution in [3.63, 3.8) is 0 Å². The summed E-state index contributed by atoms with van der Waals surface area (Å²) in [5, 5.41) is 3.83. The molecule has 1 heterocycles. The van der Waals surface area contributed by atoms with Crippen molar-refractivity contribution < 1.29 is 9.21 Å². The summed E-state index contributed by atoms with van der Waals surface area (Å²) in [6, 6.07) is 11.5. The fraction of sp³-hybridized carbons (Fsp3) is 0.143. The molecule has 2 aromatic rings. The SMILES string of the molecule is Cc1ccc(SCC(=O)N/N=C/c2ccc(Br)o2)cc1. The van der Waals surface area contributed by atoms with E-state index in [1.54, 1.807) is 12.1 Å². The second kappa shape index (κ2) is 7.31. The van der Waals surface area contributed by atoms with Gasteiger partial charge in [0.25, 0.3) is 0 Å². The van der Waals surface area contributed by atoms with E-state index < -0.39 is 0 Å². The minimum atomic E-state index is -0.155. The van der Waals surface area contributed by atoms with E-state index >= 15 is 0 Å². The number of aryl methyl sites for hydroxylation is 1. The van der Waals surface area contributed by atoms with Crippen molar-refractivity contribution >= 4 is 39.8 Å². The third kappa shape index (κ3) is 4.86. The lowest BCUT2D eigenvalue weighted by Crippen LogP contribution is -2.19. The summed E-state index contributed by atoms with van der Waals surface area (Å²) in [7, 11) is 0. The molecule has 0 aliphatic carbocycles. The average Bonchev–Trinajstić information content (AvgIpc) is 2.84. The number of thioether (sulfide) groups is 1. The van der Waals surface area contributed by atoms with Gasteiger partial charge in [0.05, 0.1) is 12.0 Å². The molecule has 1 aromatic heterocycles. The van der Waals surface area contributed by atoms with Crippen molar-refractivity contribution in [3.05, 3.63) is 52.4 Å². The van der Waals surface area contributed by atoms with Gasteiger partial charge in [0.15, 0.2) is 4.67 Å². The van der Waals surface area contributed by atoms with Crippen molar-refractivity contribution in [1.82, 2.24) is 5.43 Å². The molecule has 0 bridgehead atoms. The van der Waals surface area contributed by atoms with Gasteiger partial charge in [-0.15, -0.1) is 11.8 Å².